The Bertz CT molecular complexity index is 807. The van der Waals surface area contributed by atoms with E-state index in [1.807, 2.05) is 57.2 Å². The van der Waals surface area contributed by atoms with Crippen molar-refractivity contribution in [1.82, 2.24) is 4.90 Å². The minimum Gasteiger partial charge on any atom is -0.496 e. The molecule has 0 spiro atoms. The summed E-state index contributed by atoms with van der Waals surface area (Å²) in [5, 5.41) is 2.93. The first kappa shape index (κ1) is 20.5. The number of benzene rings is 2. The topological polar surface area (TPSA) is 58.6 Å². The number of anilines is 1. The third-order valence-electron chi connectivity index (χ3n) is 4.55. The Morgan fingerprint density at radius 1 is 1.07 bits per heavy atom. The number of nitrogens with one attached hydrogen (secondary N) is 1. The fourth-order valence-corrected chi connectivity index (χ4v) is 3.20. The second-order valence-corrected chi connectivity index (χ2v) is 6.88. The summed E-state index contributed by atoms with van der Waals surface area (Å²) >= 11 is 0. The molecule has 0 saturated carbocycles. The highest BCUT2D eigenvalue weighted by Gasteiger charge is 2.15. The van der Waals surface area contributed by atoms with E-state index in [9.17, 15) is 9.59 Å². The number of para-hydroxylation sites is 1. The molecule has 144 valence electrons. The fourth-order valence-electron chi connectivity index (χ4n) is 3.20. The average Bonchev–Trinajstić information content (AvgIpc) is 2.62. The number of nitrogens with zero attached hydrogens (tertiary/aromatic N) is 1. The second kappa shape index (κ2) is 9.21. The summed E-state index contributed by atoms with van der Waals surface area (Å²) in [5.41, 5.74) is 5.00. The number of hydrogen-bond acceptors (Lipinski definition) is 3. The molecule has 0 heterocycles. The minimum absolute atomic E-state index is 0.0253. The highest BCUT2D eigenvalue weighted by atomic mass is 16.5. The predicted molar refractivity (Wildman–Crippen MR) is 108 cm³/mol. The number of carbonyl (C=O) groups is 2. The van der Waals surface area contributed by atoms with Crippen molar-refractivity contribution in [3.8, 4) is 5.75 Å². The number of ether oxygens (including phenoxy) is 1. The van der Waals surface area contributed by atoms with Gasteiger partial charge in [-0.25, -0.2) is 0 Å². The Morgan fingerprint density at radius 3 is 2.33 bits per heavy atom. The molecule has 0 radical (unpaired) electrons. The van der Waals surface area contributed by atoms with Gasteiger partial charge in [-0.2, -0.15) is 0 Å². The molecule has 2 rings (SSSR count). The molecule has 5 heteroatoms. The van der Waals surface area contributed by atoms with Gasteiger partial charge in [-0.15, -0.1) is 0 Å². The largest absolute Gasteiger partial charge is 0.496 e. The van der Waals surface area contributed by atoms with Crippen molar-refractivity contribution in [2.75, 3.05) is 26.0 Å². The molecule has 2 aromatic rings. The molecule has 0 saturated heterocycles. The van der Waals surface area contributed by atoms with Crippen LogP contribution in [-0.2, 0) is 16.0 Å². The molecule has 2 aromatic carbocycles. The molecule has 0 aliphatic heterocycles. The molecule has 0 aliphatic carbocycles. The monoisotopic (exact) mass is 368 g/mol. The van der Waals surface area contributed by atoms with Gasteiger partial charge < -0.3 is 15.0 Å². The molecule has 0 aliphatic rings. The molecule has 0 bridgehead atoms. The van der Waals surface area contributed by atoms with Crippen molar-refractivity contribution in [3.05, 3.63) is 58.7 Å². The summed E-state index contributed by atoms with van der Waals surface area (Å²) in [6.45, 7) is 5.99. The standard InChI is InChI=1S/C22H28N2O3/c1-15-12-16(2)22(17(3)13-15)23-20(25)14-24(4)21(26)11-10-18-8-6-7-9-19(18)27-5/h6-9,12-13H,10-11,14H2,1-5H3,(H,23,25). The van der Waals surface area contributed by atoms with E-state index < -0.39 is 0 Å². The maximum atomic E-state index is 12.4. The molecule has 2 amide bonds. The van der Waals surface area contributed by atoms with Gasteiger partial charge in [-0.1, -0.05) is 35.9 Å². The quantitative estimate of drug-likeness (QED) is 0.811. The molecule has 0 aromatic heterocycles. The van der Waals surface area contributed by atoms with Crippen LogP contribution >= 0.6 is 0 Å². The van der Waals surface area contributed by atoms with E-state index in [1.165, 1.54) is 4.90 Å². The van der Waals surface area contributed by atoms with Gasteiger partial charge in [-0.05, 0) is 49.9 Å². The van der Waals surface area contributed by atoms with Crippen LogP contribution in [-0.4, -0.2) is 37.4 Å². The van der Waals surface area contributed by atoms with E-state index >= 15 is 0 Å². The summed E-state index contributed by atoms with van der Waals surface area (Å²) in [5.74, 6) is 0.502. The summed E-state index contributed by atoms with van der Waals surface area (Å²) < 4.78 is 5.31. The average molecular weight is 368 g/mol. The highest BCUT2D eigenvalue weighted by Crippen LogP contribution is 2.22. The molecule has 0 atom stereocenters. The molecular weight excluding hydrogens is 340 g/mol. The fraction of sp³-hybridized carbons (Fsp3) is 0.364. The molecule has 1 N–H and O–H groups in total. The summed E-state index contributed by atoms with van der Waals surface area (Å²) in [4.78, 5) is 26.2. The maximum Gasteiger partial charge on any atom is 0.243 e. The number of aryl methyl sites for hydroxylation is 4. The third-order valence-corrected chi connectivity index (χ3v) is 4.55. The lowest BCUT2D eigenvalue weighted by atomic mass is 10.1. The summed E-state index contributed by atoms with van der Waals surface area (Å²) in [7, 11) is 3.27. The lowest BCUT2D eigenvalue weighted by Gasteiger charge is -2.19. The first-order chi connectivity index (χ1) is 12.8. The molecule has 0 unspecified atom stereocenters. The van der Waals surface area contributed by atoms with Gasteiger partial charge in [0.15, 0.2) is 0 Å². The van der Waals surface area contributed by atoms with Crippen molar-refractivity contribution in [3.63, 3.8) is 0 Å². The first-order valence-electron chi connectivity index (χ1n) is 9.05. The zero-order chi connectivity index (χ0) is 20.0. The Kier molecular flexibility index (Phi) is 6.99. The Labute approximate surface area is 161 Å². The van der Waals surface area contributed by atoms with E-state index in [0.717, 1.165) is 33.7 Å². The normalized spacial score (nSPS) is 10.4. The predicted octanol–water partition coefficient (Wildman–Crippen LogP) is 3.65. The highest BCUT2D eigenvalue weighted by molar-refractivity contribution is 5.95. The Morgan fingerprint density at radius 2 is 1.70 bits per heavy atom. The van der Waals surface area contributed by atoms with E-state index in [1.54, 1.807) is 14.2 Å². The van der Waals surface area contributed by atoms with Gasteiger partial charge in [0.25, 0.3) is 0 Å². The van der Waals surface area contributed by atoms with E-state index in [2.05, 4.69) is 5.32 Å². The molecule has 0 fully saturated rings. The smallest absolute Gasteiger partial charge is 0.243 e. The SMILES string of the molecule is COc1ccccc1CCC(=O)N(C)CC(=O)Nc1c(C)cc(C)cc1C. The van der Waals surface area contributed by atoms with Crippen LogP contribution < -0.4 is 10.1 Å². The van der Waals surface area contributed by atoms with Crippen LogP contribution in [0.3, 0.4) is 0 Å². The van der Waals surface area contributed by atoms with E-state index in [4.69, 9.17) is 4.74 Å². The Balaban J connectivity index is 1.91. The van der Waals surface area contributed by atoms with Gasteiger partial charge >= 0.3 is 0 Å². The van der Waals surface area contributed by atoms with Gasteiger partial charge in [-0.3, -0.25) is 9.59 Å². The van der Waals surface area contributed by atoms with Crippen molar-refractivity contribution < 1.29 is 14.3 Å². The van der Waals surface area contributed by atoms with Crippen LogP contribution in [0.4, 0.5) is 5.69 Å². The van der Waals surface area contributed by atoms with Crippen molar-refractivity contribution in [2.45, 2.75) is 33.6 Å². The lowest BCUT2D eigenvalue weighted by molar-refractivity contribution is -0.133. The van der Waals surface area contributed by atoms with E-state index in [-0.39, 0.29) is 18.4 Å². The van der Waals surface area contributed by atoms with Crippen LogP contribution in [0.15, 0.2) is 36.4 Å². The Hall–Kier alpha value is -2.82. The third kappa shape index (κ3) is 5.58. The van der Waals surface area contributed by atoms with E-state index in [0.29, 0.717) is 12.8 Å². The second-order valence-electron chi connectivity index (χ2n) is 6.88. The van der Waals surface area contributed by atoms with Gasteiger partial charge in [0.05, 0.1) is 13.7 Å². The van der Waals surface area contributed by atoms with Gasteiger partial charge in [0.2, 0.25) is 11.8 Å². The number of amides is 2. The number of methoxy groups -OCH3 is 1. The summed E-state index contributed by atoms with van der Waals surface area (Å²) in [6, 6.07) is 11.7. The lowest BCUT2D eigenvalue weighted by Crippen LogP contribution is -2.35. The zero-order valence-electron chi connectivity index (χ0n) is 16.8. The van der Waals surface area contributed by atoms with Crippen molar-refractivity contribution in [2.24, 2.45) is 0 Å². The zero-order valence-corrected chi connectivity index (χ0v) is 16.8. The maximum absolute atomic E-state index is 12.4. The van der Waals surface area contributed by atoms with Crippen LogP contribution in [0.1, 0.15) is 28.7 Å². The van der Waals surface area contributed by atoms with Crippen LogP contribution in [0.25, 0.3) is 0 Å². The van der Waals surface area contributed by atoms with Crippen molar-refractivity contribution in [1.29, 1.82) is 0 Å². The number of likely N-dealkylation sites (N-methyl/N-ethyl adjacent to an activating group) is 1. The van der Waals surface area contributed by atoms with Gasteiger partial charge in [0, 0.05) is 19.2 Å². The van der Waals surface area contributed by atoms with Crippen LogP contribution in [0, 0.1) is 20.8 Å². The van der Waals surface area contributed by atoms with Crippen LogP contribution in [0.5, 0.6) is 5.75 Å². The molecule has 5 nitrogen and oxygen atoms in total. The molecular formula is C22H28N2O3. The number of carbonyl (C=O) groups excluding carboxylic acids is 2. The number of hydrogen-bond donors (Lipinski definition) is 1. The number of rotatable bonds is 7. The minimum atomic E-state index is -0.196. The first-order valence-corrected chi connectivity index (χ1v) is 9.05. The van der Waals surface area contributed by atoms with Gasteiger partial charge in [0.1, 0.15) is 5.75 Å². The molecule has 27 heavy (non-hydrogen) atoms. The van der Waals surface area contributed by atoms with Crippen molar-refractivity contribution >= 4 is 17.5 Å². The van der Waals surface area contributed by atoms with Crippen LogP contribution in [0.2, 0.25) is 0 Å². The summed E-state index contributed by atoms with van der Waals surface area (Å²) in [6.07, 6.45) is 0.901.